The minimum atomic E-state index is -0.759. The van der Waals surface area contributed by atoms with Crippen molar-refractivity contribution in [3.8, 4) is 0 Å². The molecule has 1 aromatic carbocycles. The molecular weight excluding hydrogens is 284 g/mol. The maximum atomic E-state index is 11.6. The topological polar surface area (TPSA) is 43.8 Å². The van der Waals surface area contributed by atoms with E-state index in [1.54, 1.807) is 0 Å². The van der Waals surface area contributed by atoms with Gasteiger partial charge in [-0.15, -0.1) is 11.3 Å². The van der Waals surface area contributed by atoms with Gasteiger partial charge in [-0.2, -0.15) is 0 Å². The first-order valence-corrected chi connectivity index (χ1v) is 7.94. The molecule has 3 rings (SSSR count). The van der Waals surface area contributed by atoms with Crippen LogP contribution in [0.1, 0.15) is 10.9 Å². The fourth-order valence-electron chi connectivity index (χ4n) is 2.78. The van der Waals surface area contributed by atoms with E-state index in [4.69, 9.17) is 0 Å². The van der Waals surface area contributed by atoms with Gasteiger partial charge in [0.15, 0.2) is 0 Å². The van der Waals surface area contributed by atoms with E-state index in [1.807, 2.05) is 35.7 Å². The molecule has 0 saturated carbocycles. The molecule has 0 aliphatic carbocycles. The number of hydrogen-bond donors (Lipinski definition) is 1. The van der Waals surface area contributed by atoms with E-state index in [0.29, 0.717) is 0 Å². The average Bonchev–Trinajstić information content (AvgIpc) is 3.03. The Kier molecular flexibility index (Phi) is 4.22. The van der Waals surface area contributed by atoms with E-state index in [0.717, 1.165) is 31.1 Å². The molecule has 2 heterocycles. The third kappa shape index (κ3) is 3.09. The van der Waals surface area contributed by atoms with Crippen LogP contribution in [0.5, 0.6) is 0 Å². The number of benzene rings is 1. The molecule has 1 N–H and O–H groups in total. The molecule has 1 aliphatic heterocycles. The normalized spacial score (nSPS) is 17.6. The van der Waals surface area contributed by atoms with Crippen molar-refractivity contribution in [3.05, 3.63) is 52.7 Å². The Bertz CT molecular complexity index is 578. The van der Waals surface area contributed by atoms with Gasteiger partial charge in [-0.1, -0.05) is 24.3 Å². The van der Waals surface area contributed by atoms with E-state index < -0.39 is 12.0 Å². The zero-order chi connectivity index (χ0) is 14.7. The monoisotopic (exact) mass is 302 g/mol. The number of anilines is 1. The summed E-state index contributed by atoms with van der Waals surface area (Å²) in [6.45, 7) is 3.26. The second-order valence-corrected chi connectivity index (χ2v) is 6.09. The minimum Gasteiger partial charge on any atom is -0.480 e. The van der Waals surface area contributed by atoms with E-state index >= 15 is 0 Å². The van der Waals surface area contributed by atoms with Gasteiger partial charge < -0.3 is 10.0 Å². The van der Waals surface area contributed by atoms with Crippen molar-refractivity contribution in [2.24, 2.45) is 0 Å². The Balaban J connectivity index is 1.68. The molecule has 1 fully saturated rings. The second-order valence-electron chi connectivity index (χ2n) is 5.11. The summed E-state index contributed by atoms with van der Waals surface area (Å²) < 4.78 is 0. The zero-order valence-corrected chi connectivity index (χ0v) is 12.5. The molecule has 4 nitrogen and oxygen atoms in total. The summed E-state index contributed by atoms with van der Waals surface area (Å²) in [7, 11) is 0. The number of hydrogen-bond acceptors (Lipinski definition) is 4. The number of aliphatic carboxylic acids is 1. The van der Waals surface area contributed by atoms with Gasteiger partial charge in [0.1, 0.15) is 6.04 Å². The van der Waals surface area contributed by atoms with Crippen LogP contribution in [0.25, 0.3) is 0 Å². The fourth-order valence-corrected chi connectivity index (χ4v) is 3.63. The number of para-hydroxylation sites is 1. The van der Waals surface area contributed by atoms with Crippen molar-refractivity contribution in [2.75, 3.05) is 31.1 Å². The lowest BCUT2D eigenvalue weighted by Crippen LogP contribution is -2.49. The molecular formula is C16H18N2O2S. The van der Waals surface area contributed by atoms with Crippen LogP contribution in [0, 0.1) is 0 Å². The number of carboxylic acids is 1. The molecule has 1 saturated heterocycles. The Hall–Kier alpha value is -1.85. The van der Waals surface area contributed by atoms with Gasteiger partial charge in [0.2, 0.25) is 0 Å². The van der Waals surface area contributed by atoms with Crippen LogP contribution in [-0.2, 0) is 4.79 Å². The lowest BCUT2D eigenvalue weighted by molar-refractivity contribution is -0.143. The summed E-state index contributed by atoms with van der Waals surface area (Å²) in [5.74, 6) is -0.759. The average molecular weight is 302 g/mol. The van der Waals surface area contributed by atoms with Crippen molar-refractivity contribution in [1.82, 2.24) is 4.90 Å². The van der Waals surface area contributed by atoms with Gasteiger partial charge in [-0.3, -0.25) is 9.69 Å². The lowest BCUT2D eigenvalue weighted by Gasteiger charge is -2.38. The first-order chi connectivity index (χ1) is 10.3. The maximum absolute atomic E-state index is 11.6. The Morgan fingerprint density at radius 2 is 1.76 bits per heavy atom. The molecule has 1 aromatic heterocycles. The summed E-state index contributed by atoms with van der Waals surface area (Å²) in [6, 6.07) is 13.6. The predicted octanol–water partition coefficient (Wildman–Crippen LogP) is 2.70. The van der Waals surface area contributed by atoms with Crippen LogP contribution >= 0.6 is 11.3 Å². The number of piperazine rings is 1. The SMILES string of the molecule is O=C(O)C(c1cccs1)N1CCN(c2ccccc2)CC1. The van der Waals surface area contributed by atoms with Gasteiger partial charge in [-0.25, -0.2) is 0 Å². The summed E-state index contributed by atoms with van der Waals surface area (Å²) in [5, 5.41) is 11.5. The molecule has 1 unspecified atom stereocenters. The van der Waals surface area contributed by atoms with Crippen LogP contribution in [0.3, 0.4) is 0 Å². The van der Waals surface area contributed by atoms with Crippen LogP contribution < -0.4 is 4.90 Å². The molecule has 0 amide bonds. The molecule has 1 aliphatic rings. The lowest BCUT2D eigenvalue weighted by atomic mass is 10.1. The van der Waals surface area contributed by atoms with Gasteiger partial charge in [0, 0.05) is 36.7 Å². The Morgan fingerprint density at radius 1 is 1.05 bits per heavy atom. The maximum Gasteiger partial charge on any atom is 0.326 e. The number of thiophene rings is 1. The van der Waals surface area contributed by atoms with Crippen molar-refractivity contribution >= 4 is 23.0 Å². The van der Waals surface area contributed by atoms with E-state index in [2.05, 4.69) is 21.9 Å². The predicted molar refractivity (Wildman–Crippen MR) is 84.9 cm³/mol. The molecule has 1 atom stereocenters. The van der Waals surface area contributed by atoms with Crippen molar-refractivity contribution in [1.29, 1.82) is 0 Å². The quantitative estimate of drug-likeness (QED) is 0.943. The van der Waals surface area contributed by atoms with E-state index in [1.165, 1.54) is 17.0 Å². The van der Waals surface area contributed by atoms with E-state index in [9.17, 15) is 9.90 Å². The molecule has 5 heteroatoms. The van der Waals surface area contributed by atoms with E-state index in [-0.39, 0.29) is 0 Å². The fraction of sp³-hybridized carbons (Fsp3) is 0.312. The summed E-state index contributed by atoms with van der Waals surface area (Å²) >= 11 is 1.51. The summed E-state index contributed by atoms with van der Waals surface area (Å²) in [6.07, 6.45) is 0. The highest BCUT2D eigenvalue weighted by atomic mass is 32.1. The standard InChI is InChI=1S/C16H18N2O2S/c19-16(20)15(14-7-4-12-21-14)18-10-8-17(9-11-18)13-5-2-1-3-6-13/h1-7,12,15H,8-11H2,(H,19,20). The van der Waals surface area contributed by atoms with Crippen molar-refractivity contribution in [3.63, 3.8) is 0 Å². The molecule has 21 heavy (non-hydrogen) atoms. The highest BCUT2D eigenvalue weighted by Gasteiger charge is 2.30. The minimum absolute atomic E-state index is 0.511. The number of carbonyl (C=O) groups is 1. The highest BCUT2D eigenvalue weighted by Crippen LogP contribution is 2.27. The van der Waals surface area contributed by atoms with Crippen molar-refractivity contribution in [2.45, 2.75) is 6.04 Å². The van der Waals surface area contributed by atoms with Gasteiger partial charge in [0.25, 0.3) is 0 Å². The molecule has 0 radical (unpaired) electrons. The number of nitrogens with zero attached hydrogens (tertiary/aromatic N) is 2. The molecule has 2 aromatic rings. The summed E-state index contributed by atoms with van der Waals surface area (Å²) in [4.78, 5) is 16.9. The molecule has 0 bridgehead atoms. The third-order valence-electron chi connectivity index (χ3n) is 3.85. The first kappa shape index (κ1) is 14.1. The van der Waals surface area contributed by atoms with Crippen LogP contribution in [0.4, 0.5) is 5.69 Å². The Morgan fingerprint density at radius 3 is 2.33 bits per heavy atom. The number of rotatable bonds is 4. The summed E-state index contributed by atoms with van der Waals surface area (Å²) in [5.41, 5.74) is 1.21. The third-order valence-corrected chi connectivity index (χ3v) is 4.77. The zero-order valence-electron chi connectivity index (χ0n) is 11.7. The van der Waals surface area contributed by atoms with Gasteiger partial charge in [-0.05, 0) is 23.6 Å². The van der Waals surface area contributed by atoms with Crippen LogP contribution in [0.15, 0.2) is 47.8 Å². The van der Waals surface area contributed by atoms with Crippen LogP contribution in [-0.4, -0.2) is 42.2 Å². The molecule has 0 spiro atoms. The van der Waals surface area contributed by atoms with Gasteiger partial charge >= 0.3 is 5.97 Å². The van der Waals surface area contributed by atoms with Crippen LogP contribution in [0.2, 0.25) is 0 Å². The highest BCUT2D eigenvalue weighted by molar-refractivity contribution is 7.10. The largest absolute Gasteiger partial charge is 0.480 e. The Labute approximate surface area is 128 Å². The second kappa shape index (κ2) is 6.28. The van der Waals surface area contributed by atoms with Crippen molar-refractivity contribution < 1.29 is 9.90 Å². The number of carboxylic acid groups (broad SMARTS) is 1. The van der Waals surface area contributed by atoms with Gasteiger partial charge in [0.05, 0.1) is 0 Å². The molecule has 110 valence electrons. The smallest absolute Gasteiger partial charge is 0.326 e. The first-order valence-electron chi connectivity index (χ1n) is 7.06.